The fraction of sp³-hybridized carbons (Fsp3) is 0.394. The number of methoxy groups -OCH3 is 3. The predicted octanol–water partition coefficient (Wildman–Crippen LogP) is 5.34. The smallest absolute Gasteiger partial charge is 0.870 e. The van der Waals surface area contributed by atoms with Gasteiger partial charge in [-0.15, -0.1) is 6.42 Å². The molecule has 3 fully saturated rings. The van der Waals surface area contributed by atoms with Crippen LogP contribution in [0.15, 0.2) is 116 Å². The summed E-state index contributed by atoms with van der Waals surface area (Å²) in [6, 6.07) is 31.2. The molecule has 6 aromatic rings. The van der Waals surface area contributed by atoms with E-state index >= 15 is 0 Å². The van der Waals surface area contributed by atoms with E-state index in [1.54, 1.807) is 24.3 Å². The maximum Gasteiger partial charge on any atom is 1.00 e. The van der Waals surface area contributed by atoms with Crippen molar-refractivity contribution in [3.05, 3.63) is 198 Å². The normalized spacial score (nSPS) is 27.7. The number of alkyl halides is 2. The molecule has 3 aliphatic heterocycles. The summed E-state index contributed by atoms with van der Waals surface area (Å²) in [5.74, 6) is 2.03. The summed E-state index contributed by atoms with van der Waals surface area (Å²) in [7, 11) is -8.45. The van der Waals surface area contributed by atoms with Gasteiger partial charge in [-0.1, -0.05) is 146 Å². The van der Waals surface area contributed by atoms with Gasteiger partial charge in [0.25, 0.3) is 0 Å². The van der Waals surface area contributed by atoms with Gasteiger partial charge in [-0.2, -0.15) is 0 Å². The zero-order valence-electron chi connectivity index (χ0n) is 58.4. The first kappa shape index (κ1) is 69.3. The van der Waals surface area contributed by atoms with Gasteiger partial charge in [0.2, 0.25) is 0 Å². The SMILES string of the molecule is BrBr.[2H]C([2H])([2H])Oc1cc(Cl)c(Cc2ccc(C#C)cc2)cc1[C@@H]1O[C@H](CO)[C@@H](O)[C@H](O)[C@H]1O.[2H]C([2H])([2H])Oc1cc(Cl)c(Cc2ccc(C(Br)CBr)cc2)cc1[C@@H]1O[C@H](CO)[C@@H](O)[C@H](O)[C@H]1O.[2H]C([2H])([2H])Oc1cc(Cl)c(Cc2ccc(C=C)cc2)cc1[C@@H]1O[C@H](CO)[C@@H](O)[C@H](O)[C@H]1O.[K+].[OH-]. The average Bonchev–Trinajstić information content (AvgIpc) is 0.784. The van der Waals surface area contributed by atoms with Crippen molar-refractivity contribution in [2.75, 3.05) is 46.3 Å². The zero-order valence-corrected chi connectivity index (χ0v) is 61.1. The molecule has 0 radical (unpaired) electrons. The molecule has 1 unspecified atom stereocenters. The van der Waals surface area contributed by atoms with Crippen molar-refractivity contribution in [3.63, 3.8) is 0 Å². The molecule has 0 aromatic heterocycles. The molecule has 16 atom stereocenters. The van der Waals surface area contributed by atoms with Crippen LogP contribution in [-0.4, -0.2) is 186 Å². The minimum atomic E-state index is -2.82. The molecule has 93 heavy (non-hydrogen) atoms. The van der Waals surface area contributed by atoms with E-state index in [-0.39, 0.29) is 111 Å². The third-order valence-corrected chi connectivity index (χ3v) is 18.9. The second-order valence-electron chi connectivity index (χ2n) is 21.2. The maximum atomic E-state index is 10.6. The van der Waals surface area contributed by atoms with Gasteiger partial charge in [-0.25, -0.2) is 0 Å². The van der Waals surface area contributed by atoms with Gasteiger partial charge < -0.3 is 95.2 Å². The first-order valence-corrected chi connectivity index (χ1v) is 34.6. The van der Waals surface area contributed by atoms with Gasteiger partial charge in [0, 0.05) is 75.7 Å². The third-order valence-electron chi connectivity index (χ3n) is 15.5. The van der Waals surface area contributed by atoms with Crippen molar-refractivity contribution in [1.82, 2.24) is 0 Å². The molecule has 0 saturated carbocycles. The van der Waals surface area contributed by atoms with E-state index in [0.29, 0.717) is 41.5 Å². The molecule has 3 heterocycles. The Bertz CT molecular complexity index is 3680. The summed E-state index contributed by atoms with van der Waals surface area (Å²) in [6.07, 6.45) is -13.5. The number of rotatable bonds is 18. The van der Waals surface area contributed by atoms with Crippen molar-refractivity contribution >= 4 is 101 Å². The van der Waals surface area contributed by atoms with Gasteiger partial charge in [0.15, 0.2) is 0 Å². The minimum Gasteiger partial charge on any atom is -0.870 e. The number of benzene rings is 6. The Balaban J connectivity index is 0.000000317. The van der Waals surface area contributed by atoms with Crippen LogP contribution in [0.25, 0.3) is 6.08 Å². The summed E-state index contributed by atoms with van der Waals surface area (Å²) in [5.41, 5.74) is 7.62. The van der Waals surface area contributed by atoms with E-state index in [2.05, 4.69) is 72.6 Å². The predicted molar refractivity (Wildman–Crippen MR) is 363 cm³/mol. The van der Waals surface area contributed by atoms with Gasteiger partial charge in [-0.3, -0.25) is 0 Å². The summed E-state index contributed by atoms with van der Waals surface area (Å²) in [6.45, 7) is 1.86. The van der Waals surface area contributed by atoms with E-state index in [4.69, 9.17) is 82.0 Å². The molecule has 3 saturated heterocycles. The fourth-order valence-corrected chi connectivity index (χ4v) is 11.7. The number of ether oxygens (including phenoxy) is 6. The molecule has 13 N–H and O–H groups in total. The van der Waals surface area contributed by atoms with Crippen LogP contribution >= 0.6 is 94.9 Å². The van der Waals surface area contributed by atoms with Crippen LogP contribution in [0.4, 0.5) is 0 Å². The summed E-state index contributed by atoms with van der Waals surface area (Å²) in [5, 5.41) is 122. The monoisotopic (exact) mass is 1640 g/mol. The fourth-order valence-electron chi connectivity index (χ4n) is 10.4. The molecular formula is C66H74Br4Cl3KO19. The molecule has 19 nitrogen and oxygen atoms in total. The Morgan fingerprint density at radius 2 is 0.828 bits per heavy atom. The number of aliphatic hydroxyl groups excluding tert-OH is 12. The molecule has 0 aliphatic carbocycles. The Hall–Kier alpha value is -2.19. The number of hydrogen-bond acceptors (Lipinski definition) is 19. The number of aliphatic hydroxyl groups is 12. The van der Waals surface area contributed by atoms with Crippen LogP contribution in [0.2, 0.25) is 15.1 Å². The number of halogens is 7. The molecule has 0 bridgehead atoms. The molecule has 9 rings (SSSR count). The Morgan fingerprint density at radius 1 is 0.527 bits per heavy atom. The molecule has 502 valence electrons. The molecular weight excluding hydrogens is 1560 g/mol. The third kappa shape index (κ3) is 20.9. The van der Waals surface area contributed by atoms with Gasteiger partial charge in [-0.05, 0) is 112 Å². The van der Waals surface area contributed by atoms with Crippen LogP contribution in [-0.2, 0) is 33.5 Å². The van der Waals surface area contributed by atoms with Crippen LogP contribution in [0.3, 0.4) is 0 Å². The summed E-state index contributed by atoms with van der Waals surface area (Å²) in [4.78, 5) is 0.166. The number of hydrogen-bond donors (Lipinski definition) is 12. The van der Waals surface area contributed by atoms with Gasteiger partial charge >= 0.3 is 51.4 Å². The molecule has 6 aromatic carbocycles. The van der Waals surface area contributed by atoms with Crippen LogP contribution in [0.5, 0.6) is 17.2 Å². The van der Waals surface area contributed by atoms with Crippen molar-refractivity contribution in [2.45, 2.75) is 116 Å². The Labute approximate surface area is 642 Å². The minimum absolute atomic E-state index is 0. The second-order valence-corrected chi connectivity index (χ2v) is 24.2. The molecule has 27 heteroatoms. The topological polar surface area (TPSA) is 328 Å². The van der Waals surface area contributed by atoms with E-state index in [1.807, 2.05) is 60.7 Å². The number of terminal acetylenes is 1. The zero-order chi connectivity index (χ0) is 74.5. The van der Waals surface area contributed by atoms with Crippen LogP contribution in [0.1, 0.15) is 102 Å². The molecule has 3 aliphatic rings. The van der Waals surface area contributed by atoms with Gasteiger partial charge in [0.1, 0.15) is 109 Å². The van der Waals surface area contributed by atoms with Crippen molar-refractivity contribution in [1.29, 1.82) is 0 Å². The first-order chi connectivity index (χ1) is 47.0. The average molecular weight is 1650 g/mol. The largest absolute Gasteiger partial charge is 1.00 e. The van der Waals surface area contributed by atoms with Crippen molar-refractivity contribution in [2.24, 2.45) is 0 Å². The van der Waals surface area contributed by atoms with Crippen molar-refractivity contribution < 1.29 is 159 Å². The van der Waals surface area contributed by atoms with E-state index < -0.39 is 132 Å². The summed E-state index contributed by atoms with van der Waals surface area (Å²) < 4.78 is 99.2. The molecule has 0 amide bonds. The standard InChI is InChI=1S/C22H25Br2ClO6.C22H25ClO6.C22H23ClO6.Br2.K.H2O/c1-30-17-8-16(25)13(6-11-2-4-12(5-3-11)15(24)9-23)7-14(17)22-21(29)20(28)19(27)18(10-26)31-22;2*1-3-12-4-6-13(7-5-12)8-14-9-15(17(28-2)10-16(14)23)22-21(27)20(26)19(25)18(11-24)29-22;1-2;;/h2-5,7-8,15,18-22,26-29H,6,9-10H2,1H3;3-7,9-10,18-22,24-27H,1,8,11H2,2H3;1,4-7,9-10,18-22,24-27H,8,11H2,2H3;;;1H2/q;;;;+1;/p-1/t15?,18-,19-,20+,21-,22+;2*18-,19-,20+,21-,22+;;;/m111.../s1/i1D3;2*2D3;;;. The Morgan fingerprint density at radius 3 is 1.10 bits per heavy atom. The quantitative estimate of drug-likeness (QED) is 0.0294. The van der Waals surface area contributed by atoms with Crippen LogP contribution < -0.4 is 65.6 Å². The maximum absolute atomic E-state index is 10.6. The van der Waals surface area contributed by atoms with Crippen molar-refractivity contribution in [3.8, 4) is 29.6 Å². The van der Waals surface area contributed by atoms with Gasteiger partial charge in [0.05, 0.1) is 53.3 Å². The Kier molecular flexibility index (Phi) is 29.9. The van der Waals surface area contributed by atoms with Crippen LogP contribution in [0, 0.1) is 12.3 Å². The summed E-state index contributed by atoms with van der Waals surface area (Å²) >= 11 is 31.8. The van der Waals surface area contributed by atoms with E-state index in [9.17, 15) is 61.3 Å². The molecule has 0 spiro atoms. The second kappa shape index (κ2) is 40.2. The van der Waals surface area contributed by atoms with E-state index in [0.717, 1.165) is 33.1 Å². The van der Waals surface area contributed by atoms with E-state index in [1.165, 1.54) is 30.3 Å². The first-order valence-electron chi connectivity index (χ1n) is 32.2.